The number of ether oxygens (including phenoxy) is 1. The summed E-state index contributed by atoms with van der Waals surface area (Å²) in [6, 6.07) is 1.75. The first kappa shape index (κ1) is 12.3. The second kappa shape index (κ2) is 4.38. The molecule has 0 saturated carbocycles. The van der Waals surface area contributed by atoms with Crippen LogP contribution in [0.1, 0.15) is 16.1 Å². The van der Waals surface area contributed by atoms with E-state index in [1.54, 1.807) is 0 Å². The van der Waals surface area contributed by atoms with Gasteiger partial charge in [-0.1, -0.05) is 0 Å². The van der Waals surface area contributed by atoms with Gasteiger partial charge in [-0.15, -0.1) is 0 Å². The van der Waals surface area contributed by atoms with Crippen LogP contribution in [0.5, 0.6) is 5.88 Å². The second-order valence-electron chi connectivity index (χ2n) is 2.83. The summed E-state index contributed by atoms with van der Waals surface area (Å²) in [5.41, 5.74) is -1.14. The molecule has 0 saturated heterocycles. The molecule has 0 fully saturated rings. The zero-order valence-electron chi connectivity index (χ0n) is 8.55. The summed E-state index contributed by atoms with van der Waals surface area (Å²) in [5, 5.41) is 2.27. The molecule has 0 spiro atoms. The van der Waals surface area contributed by atoms with Crippen LogP contribution < -0.4 is 10.1 Å². The van der Waals surface area contributed by atoms with Crippen molar-refractivity contribution < 1.29 is 22.7 Å². The SMILES string of the molecule is CNC(=O)c1ccc(C(F)(F)F)nc1OC. The Morgan fingerprint density at radius 1 is 1.44 bits per heavy atom. The molecule has 1 rings (SSSR count). The van der Waals surface area contributed by atoms with Gasteiger partial charge in [-0.2, -0.15) is 13.2 Å². The molecular weight excluding hydrogens is 225 g/mol. The zero-order valence-corrected chi connectivity index (χ0v) is 8.55. The fraction of sp³-hybridized carbons (Fsp3) is 0.333. The molecule has 7 heteroatoms. The van der Waals surface area contributed by atoms with E-state index in [1.165, 1.54) is 7.05 Å². The minimum atomic E-state index is -4.56. The highest BCUT2D eigenvalue weighted by atomic mass is 19.4. The van der Waals surface area contributed by atoms with E-state index in [4.69, 9.17) is 0 Å². The summed E-state index contributed by atoms with van der Waals surface area (Å²) in [7, 11) is 2.51. The van der Waals surface area contributed by atoms with Gasteiger partial charge in [0.25, 0.3) is 5.91 Å². The molecule has 4 nitrogen and oxygen atoms in total. The number of aromatic nitrogens is 1. The maximum absolute atomic E-state index is 12.3. The van der Waals surface area contributed by atoms with Gasteiger partial charge in [0.1, 0.15) is 11.3 Å². The molecule has 1 N–H and O–H groups in total. The van der Waals surface area contributed by atoms with Crippen LogP contribution in [0.2, 0.25) is 0 Å². The van der Waals surface area contributed by atoms with Crippen LogP contribution in [0, 0.1) is 0 Å². The first-order valence-electron chi connectivity index (χ1n) is 4.24. The number of carbonyl (C=O) groups excluding carboxylic acids is 1. The number of carbonyl (C=O) groups is 1. The Balaban J connectivity index is 3.22. The molecule has 0 aliphatic heterocycles. The Labute approximate surface area is 89.4 Å². The number of amides is 1. The Kier molecular flexibility index (Phi) is 3.36. The van der Waals surface area contributed by atoms with Gasteiger partial charge in [0, 0.05) is 7.05 Å². The number of hydrogen-bond acceptors (Lipinski definition) is 3. The molecule has 0 atom stereocenters. The Bertz CT molecular complexity index is 404. The lowest BCUT2D eigenvalue weighted by molar-refractivity contribution is -0.141. The Morgan fingerprint density at radius 3 is 2.50 bits per heavy atom. The maximum atomic E-state index is 12.3. The van der Waals surface area contributed by atoms with Crippen LogP contribution in [0.15, 0.2) is 12.1 Å². The first-order chi connectivity index (χ1) is 7.40. The monoisotopic (exact) mass is 234 g/mol. The van der Waals surface area contributed by atoms with Gasteiger partial charge in [-0.05, 0) is 12.1 Å². The maximum Gasteiger partial charge on any atom is 0.433 e. The number of methoxy groups -OCH3 is 1. The highest BCUT2D eigenvalue weighted by Crippen LogP contribution is 2.29. The third kappa shape index (κ3) is 2.41. The molecule has 1 aromatic heterocycles. The van der Waals surface area contributed by atoms with Gasteiger partial charge in [0.05, 0.1) is 7.11 Å². The van der Waals surface area contributed by atoms with Crippen molar-refractivity contribution in [2.24, 2.45) is 0 Å². The first-order valence-corrected chi connectivity index (χ1v) is 4.24. The van der Waals surface area contributed by atoms with Crippen molar-refractivity contribution in [3.63, 3.8) is 0 Å². The van der Waals surface area contributed by atoms with Gasteiger partial charge in [-0.3, -0.25) is 4.79 Å². The van der Waals surface area contributed by atoms with Crippen LogP contribution in [0.25, 0.3) is 0 Å². The minimum absolute atomic E-state index is 0.0435. The predicted molar refractivity (Wildman–Crippen MR) is 49.2 cm³/mol. The average molecular weight is 234 g/mol. The molecular formula is C9H9F3N2O2. The van der Waals surface area contributed by atoms with Crippen LogP contribution in [-0.4, -0.2) is 25.0 Å². The number of halogens is 3. The van der Waals surface area contributed by atoms with Crippen molar-refractivity contribution in [2.45, 2.75) is 6.18 Å². The highest BCUT2D eigenvalue weighted by molar-refractivity contribution is 5.96. The normalized spacial score (nSPS) is 11.1. The van der Waals surface area contributed by atoms with E-state index in [0.717, 1.165) is 19.2 Å². The van der Waals surface area contributed by atoms with E-state index in [9.17, 15) is 18.0 Å². The molecule has 1 heterocycles. The minimum Gasteiger partial charge on any atom is -0.480 e. The van der Waals surface area contributed by atoms with Crippen molar-refractivity contribution in [1.29, 1.82) is 0 Å². The third-order valence-corrected chi connectivity index (χ3v) is 1.82. The Morgan fingerprint density at radius 2 is 2.06 bits per heavy atom. The predicted octanol–water partition coefficient (Wildman–Crippen LogP) is 1.47. The fourth-order valence-electron chi connectivity index (χ4n) is 1.06. The number of nitrogens with zero attached hydrogens (tertiary/aromatic N) is 1. The number of pyridine rings is 1. The smallest absolute Gasteiger partial charge is 0.433 e. The van der Waals surface area contributed by atoms with Crippen molar-refractivity contribution in [1.82, 2.24) is 10.3 Å². The molecule has 0 unspecified atom stereocenters. The van der Waals surface area contributed by atoms with Gasteiger partial charge >= 0.3 is 6.18 Å². The van der Waals surface area contributed by atoms with Gasteiger partial charge in [-0.25, -0.2) is 4.98 Å². The highest BCUT2D eigenvalue weighted by Gasteiger charge is 2.33. The molecule has 0 bridgehead atoms. The summed E-state index contributed by atoms with van der Waals surface area (Å²) >= 11 is 0. The van der Waals surface area contributed by atoms with Gasteiger partial charge in [0.15, 0.2) is 0 Å². The quantitative estimate of drug-likeness (QED) is 0.843. The summed E-state index contributed by atoms with van der Waals surface area (Å²) in [6.07, 6.45) is -4.56. The van der Waals surface area contributed by atoms with Gasteiger partial charge < -0.3 is 10.1 Å². The lowest BCUT2D eigenvalue weighted by Gasteiger charge is -2.10. The van der Waals surface area contributed by atoms with E-state index in [1.807, 2.05) is 0 Å². The zero-order chi connectivity index (χ0) is 12.3. The van der Waals surface area contributed by atoms with E-state index < -0.39 is 17.8 Å². The number of rotatable bonds is 2. The van der Waals surface area contributed by atoms with Crippen LogP contribution >= 0.6 is 0 Å². The fourth-order valence-corrected chi connectivity index (χ4v) is 1.06. The largest absolute Gasteiger partial charge is 0.480 e. The summed E-state index contributed by atoms with van der Waals surface area (Å²) in [4.78, 5) is 14.5. The molecule has 1 aromatic rings. The molecule has 0 aliphatic rings. The van der Waals surface area contributed by atoms with Crippen molar-refractivity contribution in [2.75, 3.05) is 14.2 Å². The van der Waals surface area contributed by atoms with E-state index >= 15 is 0 Å². The van der Waals surface area contributed by atoms with E-state index in [2.05, 4.69) is 15.0 Å². The van der Waals surface area contributed by atoms with Crippen LogP contribution in [0.3, 0.4) is 0 Å². The third-order valence-electron chi connectivity index (χ3n) is 1.82. The molecule has 0 aromatic carbocycles. The van der Waals surface area contributed by atoms with Crippen molar-refractivity contribution in [3.8, 4) is 5.88 Å². The molecule has 16 heavy (non-hydrogen) atoms. The summed E-state index contributed by atoms with van der Waals surface area (Å²) in [5.74, 6) is -0.910. The lowest BCUT2D eigenvalue weighted by atomic mass is 10.2. The topological polar surface area (TPSA) is 51.2 Å². The summed E-state index contributed by atoms with van der Waals surface area (Å²) < 4.78 is 41.5. The second-order valence-corrected chi connectivity index (χ2v) is 2.83. The van der Waals surface area contributed by atoms with E-state index in [0.29, 0.717) is 0 Å². The average Bonchev–Trinajstić information content (AvgIpc) is 2.26. The van der Waals surface area contributed by atoms with E-state index in [-0.39, 0.29) is 11.4 Å². The van der Waals surface area contributed by atoms with Crippen molar-refractivity contribution in [3.05, 3.63) is 23.4 Å². The molecule has 1 amide bonds. The molecule has 0 aliphatic carbocycles. The number of alkyl halides is 3. The number of hydrogen-bond donors (Lipinski definition) is 1. The summed E-state index contributed by atoms with van der Waals surface area (Å²) in [6.45, 7) is 0. The number of nitrogens with one attached hydrogen (secondary N) is 1. The van der Waals surface area contributed by atoms with Crippen LogP contribution in [-0.2, 0) is 6.18 Å². The standard InChI is InChI=1S/C9H9F3N2O2/c1-13-7(15)5-3-4-6(9(10,11)12)14-8(5)16-2/h3-4H,1-2H3,(H,13,15). The van der Waals surface area contributed by atoms with Gasteiger partial charge in [0.2, 0.25) is 5.88 Å². The Hall–Kier alpha value is -1.79. The van der Waals surface area contributed by atoms with Crippen LogP contribution in [0.4, 0.5) is 13.2 Å². The lowest BCUT2D eigenvalue weighted by Crippen LogP contribution is -2.20. The van der Waals surface area contributed by atoms with Crippen molar-refractivity contribution >= 4 is 5.91 Å². The molecule has 0 radical (unpaired) electrons. The molecule has 88 valence electrons.